The molecule has 4 heteroatoms. The summed E-state index contributed by atoms with van der Waals surface area (Å²) in [6, 6.07) is 0. The number of rotatable bonds is 3. The summed E-state index contributed by atoms with van der Waals surface area (Å²) in [6.07, 6.45) is 4.09. The van der Waals surface area contributed by atoms with Gasteiger partial charge in [-0.1, -0.05) is 20.8 Å². The average Bonchev–Trinajstić information content (AvgIpc) is 2.68. The number of likely N-dealkylation sites (tertiary alicyclic amines) is 1. The molecule has 2 aliphatic rings. The van der Waals surface area contributed by atoms with Gasteiger partial charge in [0.25, 0.3) is 0 Å². The Hall–Kier alpha value is -1.19. The summed E-state index contributed by atoms with van der Waals surface area (Å²) in [4.78, 5) is 36.2. The van der Waals surface area contributed by atoms with Crippen LogP contribution in [0.25, 0.3) is 0 Å². The first-order valence-corrected chi connectivity index (χ1v) is 7.83. The van der Waals surface area contributed by atoms with Crippen molar-refractivity contribution in [1.29, 1.82) is 0 Å². The van der Waals surface area contributed by atoms with E-state index in [4.69, 9.17) is 0 Å². The van der Waals surface area contributed by atoms with Gasteiger partial charge in [0.15, 0.2) is 0 Å². The summed E-state index contributed by atoms with van der Waals surface area (Å²) in [5.74, 6) is 0.667. The summed E-state index contributed by atoms with van der Waals surface area (Å²) in [5, 5.41) is 0. The lowest BCUT2D eigenvalue weighted by atomic mass is 9.80. The summed E-state index contributed by atoms with van der Waals surface area (Å²) >= 11 is 0. The molecule has 0 radical (unpaired) electrons. The molecule has 2 fully saturated rings. The van der Waals surface area contributed by atoms with Crippen molar-refractivity contribution in [3.05, 3.63) is 0 Å². The Kier molecular flexibility index (Phi) is 6.37. The molecule has 1 aliphatic carbocycles. The molecule has 2 amide bonds. The molecule has 1 aliphatic heterocycles. The largest absolute Gasteiger partial charge is 0.300 e. The van der Waals surface area contributed by atoms with Crippen LogP contribution in [0.5, 0.6) is 0 Å². The van der Waals surface area contributed by atoms with Gasteiger partial charge in [-0.05, 0) is 38.5 Å². The molecule has 0 aromatic carbocycles. The van der Waals surface area contributed by atoms with E-state index in [0.717, 1.165) is 25.7 Å². The van der Waals surface area contributed by atoms with E-state index in [9.17, 15) is 14.4 Å². The normalized spacial score (nSPS) is 30.0. The summed E-state index contributed by atoms with van der Waals surface area (Å²) in [7, 11) is 0. The Labute approximate surface area is 121 Å². The molecule has 2 rings (SSSR count). The minimum Gasteiger partial charge on any atom is -0.300 e. The zero-order valence-corrected chi connectivity index (χ0v) is 13.1. The lowest BCUT2D eigenvalue weighted by Crippen LogP contribution is -2.36. The third-order valence-electron chi connectivity index (χ3n) is 4.33. The molecule has 4 nitrogen and oxygen atoms in total. The maximum atomic E-state index is 11.8. The highest BCUT2D eigenvalue weighted by Gasteiger charge is 2.37. The van der Waals surface area contributed by atoms with Crippen LogP contribution in [0, 0.1) is 17.8 Å². The van der Waals surface area contributed by atoms with Crippen molar-refractivity contribution in [3.8, 4) is 0 Å². The molecular weight excluding hydrogens is 254 g/mol. The Morgan fingerprint density at radius 3 is 2.10 bits per heavy atom. The van der Waals surface area contributed by atoms with E-state index in [1.54, 1.807) is 6.92 Å². The smallest absolute Gasteiger partial charge is 0.232 e. The summed E-state index contributed by atoms with van der Waals surface area (Å²) in [5.41, 5.74) is 0. The second kappa shape index (κ2) is 7.55. The number of carbonyl (C=O) groups is 3. The number of imide groups is 1. The van der Waals surface area contributed by atoms with Crippen molar-refractivity contribution in [2.75, 3.05) is 6.54 Å². The SMILES string of the molecule is CC.CC(=O)C1CCC(CN2C(=O)CC(C)C2=O)CC1. The van der Waals surface area contributed by atoms with Gasteiger partial charge in [-0.3, -0.25) is 19.3 Å². The van der Waals surface area contributed by atoms with Crippen LogP contribution in [-0.4, -0.2) is 29.0 Å². The molecule has 0 N–H and O–H groups in total. The lowest BCUT2D eigenvalue weighted by molar-refractivity contribution is -0.140. The van der Waals surface area contributed by atoms with Crippen molar-refractivity contribution >= 4 is 17.6 Å². The van der Waals surface area contributed by atoms with E-state index in [2.05, 4.69) is 0 Å². The number of nitrogens with zero attached hydrogens (tertiary/aromatic N) is 1. The van der Waals surface area contributed by atoms with E-state index >= 15 is 0 Å². The molecule has 1 saturated carbocycles. The fourth-order valence-electron chi connectivity index (χ4n) is 3.05. The minimum absolute atomic E-state index is 0.0197. The van der Waals surface area contributed by atoms with E-state index in [-0.39, 0.29) is 29.4 Å². The molecule has 0 aromatic rings. The predicted molar refractivity (Wildman–Crippen MR) is 78.0 cm³/mol. The first-order chi connectivity index (χ1) is 9.49. The van der Waals surface area contributed by atoms with E-state index in [1.807, 2.05) is 20.8 Å². The van der Waals surface area contributed by atoms with Gasteiger partial charge in [-0.15, -0.1) is 0 Å². The number of carbonyl (C=O) groups excluding carboxylic acids is 3. The highest BCUT2D eigenvalue weighted by molar-refractivity contribution is 6.03. The van der Waals surface area contributed by atoms with Gasteiger partial charge < -0.3 is 0 Å². The van der Waals surface area contributed by atoms with Gasteiger partial charge in [-0.25, -0.2) is 0 Å². The molecule has 20 heavy (non-hydrogen) atoms. The van der Waals surface area contributed by atoms with Crippen molar-refractivity contribution < 1.29 is 14.4 Å². The molecular formula is C16H27NO3. The fraction of sp³-hybridized carbons (Fsp3) is 0.812. The first-order valence-electron chi connectivity index (χ1n) is 7.83. The standard InChI is InChI=1S/C14H21NO3.C2H6/c1-9-7-13(17)15(14(9)18)8-11-3-5-12(6-4-11)10(2)16;1-2/h9,11-12H,3-8H2,1-2H3;1-2H3. The van der Waals surface area contributed by atoms with Crippen LogP contribution in [0.4, 0.5) is 0 Å². The number of ketones is 1. The van der Waals surface area contributed by atoms with Crippen LogP contribution in [0.1, 0.15) is 59.8 Å². The van der Waals surface area contributed by atoms with Gasteiger partial charge in [0.05, 0.1) is 0 Å². The quantitative estimate of drug-likeness (QED) is 0.747. The topological polar surface area (TPSA) is 54.5 Å². The van der Waals surface area contributed by atoms with Crippen molar-refractivity contribution in [3.63, 3.8) is 0 Å². The van der Waals surface area contributed by atoms with Gasteiger partial charge in [-0.2, -0.15) is 0 Å². The Morgan fingerprint density at radius 2 is 1.70 bits per heavy atom. The average molecular weight is 281 g/mol. The molecule has 1 unspecified atom stereocenters. The maximum Gasteiger partial charge on any atom is 0.232 e. The number of amides is 2. The monoisotopic (exact) mass is 281 g/mol. The van der Waals surface area contributed by atoms with Crippen LogP contribution < -0.4 is 0 Å². The third kappa shape index (κ3) is 3.90. The van der Waals surface area contributed by atoms with Crippen LogP contribution >= 0.6 is 0 Å². The molecule has 1 atom stereocenters. The Morgan fingerprint density at radius 1 is 1.15 bits per heavy atom. The predicted octanol–water partition coefficient (Wildman–Crippen LogP) is 2.80. The Balaban J connectivity index is 0.000000956. The highest BCUT2D eigenvalue weighted by atomic mass is 16.2. The summed E-state index contributed by atoms with van der Waals surface area (Å²) < 4.78 is 0. The summed E-state index contributed by atoms with van der Waals surface area (Å²) in [6.45, 7) is 8.03. The van der Waals surface area contributed by atoms with Crippen molar-refractivity contribution in [2.45, 2.75) is 59.8 Å². The van der Waals surface area contributed by atoms with Crippen molar-refractivity contribution in [2.24, 2.45) is 17.8 Å². The zero-order valence-electron chi connectivity index (χ0n) is 13.1. The van der Waals surface area contributed by atoms with Crippen LogP contribution in [0.3, 0.4) is 0 Å². The molecule has 0 aromatic heterocycles. The number of hydrogen-bond acceptors (Lipinski definition) is 3. The van der Waals surface area contributed by atoms with Crippen LogP contribution in [0.2, 0.25) is 0 Å². The molecule has 0 spiro atoms. The van der Waals surface area contributed by atoms with E-state index in [0.29, 0.717) is 18.9 Å². The number of Topliss-reactive ketones (excluding diaryl/α,β-unsaturated/α-hetero) is 1. The van der Waals surface area contributed by atoms with Gasteiger partial charge in [0, 0.05) is 24.8 Å². The molecule has 1 heterocycles. The maximum absolute atomic E-state index is 11.8. The molecule has 114 valence electrons. The molecule has 1 saturated heterocycles. The second-order valence-electron chi connectivity index (χ2n) is 5.78. The van der Waals surface area contributed by atoms with Crippen LogP contribution in [0.15, 0.2) is 0 Å². The zero-order chi connectivity index (χ0) is 15.3. The first kappa shape index (κ1) is 16.9. The van der Waals surface area contributed by atoms with Crippen molar-refractivity contribution in [1.82, 2.24) is 4.90 Å². The third-order valence-corrected chi connectivity index (χ3v) is 4.33. The highest BCUT2D eigenvalue weighted by Crippen LogP contribution is 2.31. The second-order valence-corrected chi connectivity index (χ2v) is 5.78. The van der Waals surface area contributed by atoms with Gasteiger partial charge in [0.1, 0.15) is 5.78 Å². The van der Waals surface area contributed by atoms with Crippen LogP contribution in [-0.2, 0) is 14.4 Å². The van der Waals surface area contributed by atoms with Gasteiger partial charge >= 0.3 is 0 Å². The van der Waals surface area contributed by atoms with Gasteiger partial charge in [0.2, 0.25) is 11.8 Å². The fourth-order valence-corrected chi connectivity index (χ4v) is 3.05. The van der Waals surface area contributed by atoms with E-state index < -0.39 is 0 Å². The Bertz CT molecular complexity index is 370. The number of hydrogen-bond donors (Lipinski definition) is 0. The minimum atomic E-state index is -0.147. The molecule has 0 bridgehead atoms. The lowest BCUT2D eigenvalue weighted by Gasteiger charge is -2.29. The van der Waals surface area contributed by atoms with E-state index in [1.165, 1.54) is 4.90 Å².